The predicted octanol–water partition coefficient (Wildman–Crippen LogP) is 0.897. The Balaban J connectivity index is 3.21. The lowest BCUT2D eigenvalue weighted by atomic mass is 10.3. The third kappa shape index (κ3) is 3.62. The molecule has 0 aliphatic heterocycles. The first-order chi connectivity index (χ1) is 9.01. The summed E-state index contributed by atoms with van der Waals surface area (Å²) in [6.45, 7) is 2.51. The third-order valence-electron chi connectivity index (χ3n) is 2.54. The smallest absolute Gasteiger partial charge is 0.354 e. The maximum Gasteiger partial charge on any atom is 0.354 e. The number of anilines is 1. The zero-order chi connectivity index (χ0) is 14.4. The van der Waals surface area contributed by atoms with Crippen LogP contribution in [0.2, 0.25) is 0 Å². The highest BCUT2D eigenvalue weighted by molar-refractivity contribution is 5.86. The van der Waals surface area contributed by atoms with E-state index in [4.69, 9.17) is 10.2 Å². The number of carboxylic acids is 1. The molecule has 0 unspecified atom stereocenters. The molecule has 0 saturated heterocycles. The van der Waals surface area contributed by atoms with Gasteiger partial charge in [-0.3, -0.25) is 10.1 Å². The Morgan fingerprint density at radius 2 is 2.21 bits per heavy atom. The van der Waals surface area contributed by atoms with E-state index in [-0.39, 0.29) is 23.8 Å². The van der Waals surface area contributed by atoms with Crippen molar-refractivity contribution in [3.8, 4) is 0 Å². The Hall–Kier alpha value is -2.22. The molecule has 0 atom stereocenters. The van der Waals surface area contributed by atoms with Gasteiger partial charge in [-0.25, -0.2) is 9.78 Å². The Labute approximate surface area is 109 Å². The number of pyridine rings is 1. The fraction of sp³-hybridized carbons (Fsp3) is 0.455. The van der Waals surface area contributed by atoms with Crippen molar-refractivity contribution in [2.24, 2.45) is 0 Å². The fourth-order valence-corrected chi connectivity index (χ4v) is 1.61. The minimum Gasteiger partial charge on any atom is -0.477 e. The van der Waals surface area contributed by atoms with Gasteiger partial charge in [0.05, 0.1) is 4.92 Å². The van der Waals surface area contributed by atoms with Crippen molar-refractivity contribution in [2.75, 3.05) is 24.6 Å². The highest BCUT2D eigenvalue weighted by Crippen LogP contribution is 2.26. The highest BCUT2D eigenvalue weighted by atomic mass is 16.6. The van der Waals surface area contributed by atoms with Crippen molar-refractivity contribution < 1.29 is 19.9 Å². The summed E-state index contributed by atoms with van der Waals surface area (Å²) in [6, 6.07) is 2.23. The molecule has 104 valence electrons. The molecule has 0 aliphatic rings. The monoisotopic (exact) mass is 269 g/mol. The summed E-state index contributed by atoms with van der Waals surface area (Å²) in [5.74, 6) is -1.23. The quantitative estimate of drug-likeness (QED) is 0.557. The molecule has 0 spiro atoms. The van der Waals surface area contributed by atoms with Gasteiger partial charge in [-0.05, 0) is 19.4 Å². The molecule has 1 aromatic heterocycles. The lowest BCUT2D eigenvalue weighted by Crippen LogP contribution is -2.27. The zero-order valence-corrected chi connectivity index (χ0v) is 10.4. The molecule has 1 rings (SSSR count). The zero-order valence-electron chi connectivity index (χ0n) is 10.4. The lowest BCUT2D eigenvalue weighted by molar-refractivity contribution is -0.384. The predicted molar refractivity (Wildman–Crippen MR) is 67.4 cm³/mol. The molecular weight excluding hydrogens is 254 g/mol. The largest absolute Gasteiger partial charge is 0.477 e. The Morgan fingerprint density at radius 1 is 1.53 bits per heavy atom. The molecule has 1 heterocycles. The van der Waals surface area contributed by atoms with Gasteiger partial charge in [0.2, 0.25) is 5.82 Å². The van der Waals surface area contributed by atoms with Gasteiger partial charge in [-0.15, -0.1) is 0 Å². The molecule has 0 aromatic carbocycles. The number of nitro groups is 1. The first-order valence-corrected chi connectivity index (χ1v) is 5.75. The normalized spacial score (nSPS) is 10.2. The van der Waals surface area contributed by atoms with E-state index in [9.17, 15) is 14.9 Å². The topological polar surface area (TPSA) is 117 Å². The van der Waals surface area contributed by atoms with Gasteiger partial charge in [-0.1, -0.05) is 0 Å². The van der Waals surface area contributed by atoms with Gasteiger partial charge >= 0.3 is 11.7 Å². The number of hydrogen-bond acceptors (Lipinski definition) is 6. The van der Waals surface area contributed by atoms with Crippen LogP contribution < -0.4 is 4.90 Å². The van der Waals surface area contributed by atoms with Crippen molar-refractivity contribution in [1.82, 2.24) is 4.98 Å². The number of carbonyl (C=O) groups is 1. The number of carboxylic acid groups (broad SMARTS) is 1. The van der Waals surface area contributed by atoms with Gasteiger partial charge < -0.3 is 15.1 Å². The fourth-order valence-electron chi connectivity index (χ4n) is 1.61. The second kappa shape index (κ2) is 6.64. The van der Waals surface area contributed by atoms with E-state index in [1.54, 1.807) is 11.8 Å². The highest BCUT2D eigenvalue weighted by Gasteiger charge is 2.22. The van der Waals surface area contributed by atoms with Crippen LogP contribution in [0.1, 0.15) is 23.8 Å². The summed E-state index contributed by atoms with van der Waals surface area (Å²) in [4.78, 5) is 26.6. The molecule has 8 nitrogen and oxygen atoms in total. The minimum atomic E-state index is -1.24. The second-order valence-corrected chi connectivity index (χ2v) is 3.76. The number of rotatable bonds is 7. The molecule has 2 N–H and O–H groups in total. The number of aliphatic hydroxyl groups is 1. The van der Waals surface area contributed by atoms with E-state index in [0.29, 0.717) is 19.5 Å². The van der Waals surface area contributed by atoms with Crippen molar-refractivity contribution in [1.29, 1.82) is 0 Å². The second-order valence-electron chi connectivity index (χ2n) is 3.76. The molecule has 0 amide bonds. The molecule has 0 fully saturated rings. The van der Waals surface area contributed by atoms with Crippen LogP contribution in [0.4, 0.5) is 11.5 Å². The summed E-state index contributed by atoms with van der Waals surface area (Å²) in [7, 11) is 0. The molecule has 1 aromatic rings. The van der Waals surface area contributed by atoms with Crippen LogP contribution in [-0.4, -0.2) is 45.8 Å². The maximum atomic E-state index is 10.9. The third-order valence-corrected chi connectivity index (χ3v) is 2.54. The summed E-state index contributed by atoms with van der Waals surface area (Å²) in [6.07, 6.45) is 0.421. The summed E-state index contributed by atoms with van der Waals surface area (Å²) < 4.78 is 0. The number of hydrogen-bond donors (Lipinski definition) is 2. The first kappa shape index (κ1) is 14.8. The minimum absolute atomic E-state index is 0.0147. The average molecular weight is 269 g/mol. The van der Waals surface area contributed by atoms with Gasteiger partial charge in [0.25, 0.3) is 0 Å². The van der Waals surface area contributed by atoms with Crippen molar-refractivity contribution in [3.05, 3.63) is 27.9 Å². The van der Waals surface area contributed by atoms with Gasteiger partial charge in [0.15, 0.2) is 5.69 Å². The van der Waals surface area contributed by atoms with E-state index in [0.717, 1.165) is 12.1 Å². The van der Waals surface area contributed by atoms with Crippen LogP contribution in [0.3, 0.4) is 0 Å². The van der Waals surface area contributed by atoms with Crippen molar-refractivity contribution in [2.45, 2.75) is 13.3 Å². The molecule has 0 aliphatic carbocycles. The Kier molecular flexibility index (Phi) is 5.19. The van der Waals surface area contributed by atoms with E-state index in [2.05, 4.69) is 4.98 Å². The standard InChI is InChI=1S/C11H15N3O5/c1-2-13(6-3-7-15)10-9(14(18)19)5-4-8(12-10)11(16)17/h4-5,15H,2-3,6-7H2,1H3,(H,16,17). The van der Waals surface area contributed by atoms with E-state index in [1.165, 1.54) is 0 Å². The molecule has 8 heteroatoms. The van der Waals surface area contributed by atoms with Crippen molar-refractivity contribution >= 4 is 17.5 Å². The summed E-state index contributed by atoms with van der Waals surface area (Å²) in [5, 5.41) is 28.6. The van der Waals surface area contributed by atoms with Gasteiger partial charge in [-0.2, -0.15) is 0 Å². The molecule has 0 bridgehead atoms. The number of aliphatic hydroxyl groups excluding tert-OH is 1. The Bertz CT molecular complexity index is 477. The number of aromatic carboxylic acids is 1. The van der Waals surface area contributed by atoms with Gasteiger partial charge in [0.1, 0.15) is 0 Å². The molecule has 0 radical (unpaired) electrons. The molecular formula is C11H15N3O5. The van der Waals surface area contributed by atoms with Crippen LogP contribution in [0.25, 0.3) is 0 Å². The molecule has 19 heavy (non-hydrogen) atoms. The first-order valence-electron chi connectivity index (χ1n) is 5.75. The van der Waals surface area contributed by atoms with Crippen LogP contribution in [0.5, 0.6) is 0 Å². The molecule has 0 saturated carbocycles. The van der Waals surface area contributed by atoms with E-state index in [1.807, 2.05) is 0 Å². The van der Waals surface area contributed by atoms with Crippen LogP contribution in [0.15, 0.2) is 12.1 Å². The van der Waals surface area contributed by atoms with Crippen LogP contribution >= 0.6 is 0 Å². The van der Waals surface area contributed by atoms with Crippen LogP contribution in [0, 0.1) is 10.1 Å². The Morgan fingerprint density at radius 3 is 2.68 bits per heavy atom. The van der Waals surface area contributed by atoms with E-state index >= 15 is 0 Å². The number of aromatic nitrogens is 1. The maximum absolute atomic E-state index is 10.9. The lowest BCUT2D eigenvalue weighted by Gasteiger charge is -2.21. The summed E-state index contributed by atoms with van der Waals surface area (Å²) >= 11 is 0. The van der Waals surface area contributed by atoms with Gasteiger partial charge in [0, 0.05) is 25.8 Å². The summed E-state index contributed by atoms with van der Waals surface area (Å²) in [5.41, 5.74) is -0.493. The number of nitrogens with zero attached hydrogens (tertiary/aromatic N) is 3. The SMILES string of the molecule is CCN(CCCO)c1nc(C(=O)O)ccc1[N+](=O)[O-]. The van der Waals surface area contributed by atoms with Crippen molar-refractivity contribution in [3.63, 3.8) is 0 Å². The van der Waals surface area contributed by atoms with Crippen LogP contribution in [-0.2, 0) is 0 Å². The average Bonchev–Trinajstić information content (AvgIpc) is 2.39. The van der Waals surface area contributed by atoms with E-state index < -0.39 is 10.9 Å².